The van der Waals surface area contributed by atoms with Gasteiger partial charge in [-0.25, -0.2) is 9.97 Å². The van der Waals surface area contributed by atoms with Crippen LogP contribution >= 0.6 is 34.0 Å². The first kappa shape index (κ1) is 13.6. The van der Waals surface area contributed by atoms with Crippen molar-refractivity contribution in [1.82, 2.24) is 14.4 Å². The zero-order valence-corrected chi connectivity index (χ0v) is 13.9. The van der Waals surface area contributed by atoms with E-state index in [2.05, 4.69) is 15.3 Å². The highest BCUT2D eigenvalue weighted by molar-refractivity contribution is 7.15. The van der Waals surface area contributed by atoms with Crippen molar-refractivity contribution in [3.8, 4) is 10.6 Å². The molecule has 4 aromatic heterocycles. The zero-order valence-electron chi connectivity index (χ0n) is 11.4. The Morgan fingerprint density at radius 3 is 2.86 bits per heavy atom. The van der Waals surface area contributed by atoms with Crippen LogP contribution in [0.1, 0.15) is 16.2 Å². The molecule has 4 rings (SSSR count). The van der Waals surface area contributed by atoms with Crippen LogP contribution in [0.25, 0.3) is 15.5 Å². The van der Waals surface area contributed by atoms with Crippen LogP contribution in [0.2, 0.25) is 0 Å². The van der Waals surface area contributed by atoms with Crippen LogP contribution in [0.5, 0.6) is 0 Å². The SMILES string of the molecule is Cc1csc(NC(=O)c2csc3nc(-c4cccs4)cn23)n1. The number of nitrogens with one attached hydrogen (secondary N) is 1. The molecule has 4 heterocycles. The van der Waals surface area contributed by atoms with Crippen molar-refractivity contribution in [1.29, 1.82) is 0 Å². The van der Waals surface area contributed by atoms with Gasteiger partial charge >= 0.3 is 0 Å². The van der Waals surface area contributed by atoms with E-state index in [0.29, 0.717) is 10.8 Å². The number of carbonyl (C=O) groups excluding carboxylic acids is 1. The van der Waals surface area contributed by atoms with E-state index in [9.17, 15) is 4.79 Å². The van der Waals surface area contributed by atoms with Gasteiger partial charge in [0, 0.05) is 17.0 Å². The molecule has 22 heavy (non-hydrogen) atoms. The summed E-state index contributed by atoms with van der Waals surface area (Å²) >= 11 is 4.51. The fourth-order valence-electron chi connectivity index (χ4n) is 2.06. The van der Waals surface area contributed by atoms with Crippen molar-refractivity contribution in [3.05, 3.63) is 45.9 Å². The Bertz CT molecular complexity index is 948. The number of hydrogen-bond donors (Lipinski definition) is 1. The number of thiophene rings is 1. The molecule has 0 aromatic carbocycles. The predicted molar refractivity (Wildman–Crippen MR) is 91.2 cm³/mol. The van der Waals surface area contributed by atoms with Crippen LogP contribution in [-0.2, 0) is 0 Å². The standard InChI is InChI=1S/C14H10N4OS3/c1-8-6-21-13(15-8)17-12(19)10-7-22-14-16-9(5-18(10)14)11-3-2-4-20-11/h2-7H,1H3,(H,15,17,19). The van der Waals surface area contributed by atoms with E-state index in [1.165, 1.54) is 22.7 Å². The number of fused-ring (bicyclic) bond motifs is 1. The summed E-state index contributed by atoms with van der Waals surface area (Å²) in [6, 6.07) is 4.01. The molecule has 1 amide bonds. The van der Waals surface area contributed by atoms with Gasteiger partial charge in [-0.3, -0.25) is 14.5 Å². The van der Waals surface area contributed by atoms with E-state index < -0.39 is 0 Å². The summed E-state index contributed by atoms with van der Waals surface area (Å²) in [5.74, 6) is -0.171. The first-order valence-electron chi connectivity index (χ1n) is 6.44. The fourth-order valence-corrected chi connectivity index (χ4v) is 4.28. The molecule has 0 saturated heterocycles. The number of imidazole rings is 1. The highest BCUT2D eigenvalue weighted by Crippen LogP contribution is 2.27. The second-order valence-corrected chi connectivity index (χ2v) is 7.27. The molecule has 0 atom stereocenters. The Morgan fingerprint density at radius 2 is 2.14 bits per heavy atom. The third-order valence-electron chi connectivity index (χ3n) is 3.05. The normalized spacial score (nSPS) is 11.1. The van der Waals surface area contributed by atoms with Crippen LogP contribution in [0.4, 0.5) is 5.13 Å². The number of rotatable bonds is 3. The van der Waals surface area contributed by atoms with Crippen molar-refractivity contribution >= 4 is 50.0 Å². The van der Waals surface area contributed by atoms with Gasteiger partial charge in [0.2, 0.25) is 0 Å². The van der Waals surface area contributed by atoms with E-state index in [1.807, 2.05) is 45.8 Å². The zero-order chi connectivity index (χ0) is 15.1. The van der Waals surface area contributed by atoms with Gasteiger partial charge in [0.1, 0.15) is 11.4 Å². The van der Waals surface area contributed by atoms with E-state index in [1.54, 1.807) is 11.3 Å². The van der Waals surface area contributed by atoms with E-state index in [0.717, 1.165) is 21.2 Å². The Hall–Kier alpha value is -2.03. The van der Waals surface area contributed by atoms with E-state index >= 15 is 0 Å². The maximum absolute atomic E-state index is 12.4. The largest absolute Gasteiger partial charge is 0.297 e. The summed E-state index contributed by atoms with van der Waals surface area (Å²) in [5.41, 5.74) is 2.36. The molecule has 0 aliphatic heterocycles. The van der Waals surface area contributed by atoms with Crippen LogP contribution < -0.4 is 5.32 Å². The number of anilines is 1. The number of carbonyl (C=O) groups is 1. The first-order chi connectivity index (χ1) is 10.7. The van der Waals surface area contributed by atoms with Crippen LogP contribution in [-0.4, -0.2) is 20.3 Å². The average molecular weight is 346 g/mol. The number of aromatic nitrogens is 3. The van der Waals surface area contributed by atoms with Crippen molar-refractivity contribution in [2.75, 3.05) is 5.32 Å². The second kappa shape index (κ2) is 5.31. The molecule has 8 heteroatoms. The Labute approximate surface area is 137 Å². The Balaban J connectivity index is 1.68. The lowest BCUT2D eigenvalue weighted by Crippen LogP contribution is -2.13. The third kappa shape index (κ3) is 2.35. The highest BCUT2D eigenvalue weighted by Gasteiger charge is 2.16. The van der Waals surface area contributed by atoms with Gasteiger partial charge < -0.3 is 0 Å². The van der Waals surface area contributed by atoms with Crippen molar-refractivity contribution in [2.24, 2.45) is 0 Å². The van der Waals surface area contributed by atoms with Gasteiger partial charge in [0.25, 0.3) is 5.91 Å². The lowest BCUT2D eigenvalue weighted by Gasteiger charge is -1.99. The molecule has 110 valence electrons. The van der Waals surface area contributed by atoms with Crippen LogP contribution in [0.15, 0.2) is 34.5 Å². The van der Waals surface area contributed by atoms with Crippen LogP contribution in [0.3, 0.4) is 0 Å². The summed E-state index contributed by atoms with van der Waals surface area (Å²) in [6.45, 7) is 1.90. The maximum atomic E-state index is 12.4. The molecule has 0 aliphatic carbocycles. The third-order valence-corrected chi connectivity index (χ3v) is 5.66. The molecule has 0 spiro atoms. The predicted octanol–water partition coefficient (Wildman–Crippen LogP) is 4.14. The first-order valence-corrected chi connectivity index (χ1v) is 9.08. The average Bonchev–Trinajstić information content (AvgIpc) is 3.21. The lowest BCUT2D eigenvalue weighted by atomic mass is 10.4. The minimum atomic E-state index is -0.171. The van der Waals surface area contributed by atoms with Crippen molar-refractivity contribution in [2.45, 2.75) is 6.92 Å². The minimum Gasteiger partial charge on any atom is -0.297 e. The van der Waals surface area contributed by atoms with E-state index in [4.69, 9.17) is 0 Å². The molecule has 0 aliphatic rings. The topological polar surface area (TPSA) is 59.3 Å². The lowest BCUT2D eigenvalue weighted by molar-refractivity contribution is 0.102. The van der Waals surface area contributed by atoms with Gasteiger partial charge in [-0.2, -0.15) is 0 Å². The van der Waals surface area contributed by atoms with Gasteiger partial charge in [0.05, 0.1) is 10.6 Å². The molecule has 5 nitrogen and oxygen atoms in total. The molecule has 0 fully saturated rings. The number of hydrogen-bond acceptors (Lipinski definition) is 6. The number of nitrogens with zero attached hydrogens (tertiary/aromatic N) is 3. The summed E-state index contributed by atoms with van der Waals surface area (Å²) in [7, 11) is 0. The number of amides is 1. The van der Waals surface area contributed by atoms with Gasteiger partial charge in [-0.1, -0.05) is 6.07 Å². The molecule has 0 bridgehead atoms. The molecule has 0 unspecified atom stereocenters. The van der Waals surface area contributed by atoms with Crippen molar-refractivity contribution in [3.63, 3.8) is 0 Å². The van der Waals surface area contributed by atoms with Crippen molar-refractivity contribution < 1.29 is 4.79 Å². The van der Waals surface area contributed by atoms with E-state index in [-0.39, 0.29) is 5.91 Å². The monoisotopic (exact) mass is 346 g/mol. The molecule has 1 N–H and O–H groups in total. The number of aryl methyl sites for hydroxylation is 1. The summed E-state index contributed by atoms with van der Waals surface area (Å²) in [5, 5.41) is 9.18. The maximum Gasteiger partial charge on any atom is 0.275 e. The Kier molecular flexibility index (Phi) is 3.29. The smallest absolute Gasteiger partial charge is 0.275 e. The summed E-state index contributed by atoms with van der Waals surface area (Å²) in [6.07, 6.45) is 1.90. The highest BCUT2D eigenvalue weighted by atomic mass is 32.1. The van der Waals surface area contributed by atoms with Gasteiger partial charge in [-0.15, -0.1) is 34.0 Å². The Morgan fingerprint density at radius 1 is 1.23 bits per heavy atom. The quantitative estimate of drug-likeness (QED) is 0.606. The number of thiazole rings is 2. The molecule has 4 aromatic rings. The van der Waals surface area contributed by atoms with Gasteiger partial charge in [0.15, 0.2) is 10.1 Å². The second-order valence-electron chi connectivity index (χ2n) is 4.63. The molecule has 0 radical (unpaired) electrons. The van der Waals surface area contributed by atoms with Crippen LogP contribution in [0, 0.1) is 6.92 Å². The fraction of sp³-hybridized carbons (Fsp3) is 0.0714. The molecule has 0 saturated carbocycles. The summed E-state index contributed by atoms with van der Waals surface area (Å²) in [4.78, 5) is 23.1. The summed E-state index contributed by atoms with van der Waals surface area (Å²) < 4.78 is 1.83. The molecular weight excluding hydrogens is 336 g/mol. The van der Waals surface area contributed by atoms with Gasteiger partial charge in [-0.05, 0) is 18.4 Å². The minimum absolute atomic E-state index is 0.171. The molecular formula is C14H10N4OS3.